The van der Waals surface area contributed by atoms with E-state index >= 15 is 0 Å². The first-order chi connectivity index (χ1) is 7.56. The zero-order valence-electron chi connectivity index (χ0n) is 9.56. The molecule has 1 aromatic rings. The molecule has 0 aromatic carbocycles. The van der Waals surface area contributed by atoms with Crippen LogP contribution in [0, 0.1) is 6.92 Å². The van der Waals surface area contributed by atoms with Crippen molar-refractivity contribution in [2.75, 3.05) is 11.9 Å². The van der Waals surface area contributed by atoms with E-state index in [1.807, 2.05) is 18.9 Å². The van der Waals surface area contributed by atoms with Crippen LogP contribution in [0.5, 0.6) is 0 Å². The predicted octanol–water partition coefficient (Wildman–Crippen LogP) is 1.11. The number of anilines is 1. The highest BCUT2D eigenvalue weighted by atomic mass is 32.1. The van der Waals surface area contributed by atoms with Gasteiger partial charge < -0.3 is 10.6 Å². The molecule has 0 amide bonds. The fraction of sp³-hybridized carbons (Fsp3) is 0.400. The number of hydrogen-bond donors (Lipinski definition) is 2. The molecule has 1 aromatic heterocycles. The van der Waals surface area contributed by atoms with Crippen LogP contribution in [0.2, 0.25) is 0 Å². The lowest BCUT2D eigenvalue weighted by molar-refractivity contribution is 0.760. The Morgan fingerprint density at radius 2 is 2.19 bits per heavy atom. The Bertz CT molecular complexity index is 448. The third kappa shape index (κ3) is 2.16. The van der Waals surface area contributed by atoms with Crippen LogP contribution in [-0.4, -0.2) is 25.1 Å². The molecule has 6 heteroatoms. The minimum absolute atomic E-state index is 0.125. The van der Waals surface area contributed by atoms with Crippen molar-refractivity contribution in [3.63, 3.8) is 0 Å². The number of guanidine groups is 2. The molecule has 86 valence electrons. The van der Waals surface area contributed by atoms with Crippen LogP contribution in [0.3, 0.4) is 0 Å². The molecule has 0 fully saturated rings. The summed E-state index contributed by atoms with van der Waals surface area (Å²) >= 11 is 1.72. The van der Waals surface area contributed by atoms with Gasteiger partial charge in [0, 0.05) is 11.9 Å². The minimum Gasteiger partial charge on any atom is -0.370 e. The van der Waals surface area contributed by atoms with E-state index in [1.165, 1.54) is 4.88 Å². The molecular weight excluding hydrogens is 222 g/mol. The lowest BCUT2D eigenvalue weighted by Gasteiger charge is -2.24. The van der Waals surface area contributed by atoms with E-state index in [1.54, 1.807) is 11.3 Å². The van der Waals surface area contributed by atoms with Gasteiger partial charge >= 0.3 is 0 Å². The van der Waals surface area contributed by atoms with E-state index in [-0.39, 0.29) is 6.17 Å². The second-order valence-electron chi connectivity index (χ2n) is 3.67. The van der Waals surface area contributed by atoms with Gasteiger partial charge in [-0.25, -0.2) is 9.98 Å². The molecule has 0 radical (unpaired) electrons. The maximum Gasteiger partial charge on any atom is 0.207 e. The molecule has 0 saturated carbocycles. The Morgan fingerprint density at radius 3 is 2.75 bits per heavy atom. The summed E-state index contributed by atoms with van der Waals surface area (Å²) in [5.74, 6) is 1.15. The van der Waals surface area contributed by atoms with Gasteiger partial charge in [-0.05, 0) is 26.0 Å². The van der Waals surface area contributed by atoms with E-state index < -0.39 is 0 Å². The van der Waals surface area contributed by atoms with E-state index in [0.29, 0.717) is 5.96 Å². The molecule has 1 aliphatic heterocycles. The molecule has 0 aliphatic carbocycles. The normalized spacial score (nSPS) is 19.8. The first-order valence-corrected chi connectivity index (χ1v) is 5.86. The second kappa shape index (κ2) is 4.13. The lowest BCUT2D eigenvalue weighted by atomic mass is 10.5. The maximum atomic E-state index is 5.67. The highest BCUT2D eigenvalue weighted by Gasteiger charge is 2.16. The molecule has 1 unspecified atom stereocenters. The van der Waals surface area contributed by atoms with Gasteiger partial charge in [-0.1, -0.05) is 0 Å². The summed E-state index contributed by atoms with van der Waals surface area (Å²) in [6, 6.07) is 4.15. The third-order valence-electron chi connectivity index (χ3n) is 2.25. The summed E-state index contributed by atoms with van der Waals surface area (Å²) in [6.07, 6.45) is -0.125. The van der Waals surface area contributed by atoms with Gasteiger partial charge in [-0.2, -0.15) is 0 Å². The van der Waals surface area contributed by atoms with Gasteiger partial charge in [0.2, 0.25) is 5.96 Å². The summed E-state index contributed by atoms with van der Waals surface area (Å²) in [7, 11) is 1.96. The third-order valence-corrected chi connectivity index (χ3v) is 3.33. The molecule has 0 bridgehead atoms. The lowest BCUT2D eigenvalue weighted by Crippen LogP contribution is -2.48. The van der Waals surface area contributed by atoms with E-state index in [0.717, 1.165) is 11.0 Å². The average molecular weight is 237 g/mol. The van der Waals surface area contributed by atoms with E-state index in [9.17, 15) is 0 Å². The van der Waals surface area contributed by atoms with Gasteiger partial charge in [-0.3, -0.25) is 5.32 Å². The summed E-state index contributed by atoms with van der Waals surface area (Å²) in [5, 5.41) is 4.09. The minimum atomic E-state index is -0.125. The van der Waals surface area contributed by atoms with Crippen LogP contribution in [0.15, 0.2) is 22.1 Å². The van der Waals surface area contributed by atoms with Crippen LogP contribution in [0.4, 0.5) is 5.00 Å². The molecule has 2 rings (SSSR count). The van der Waals surface area contributed by atoms with Crippen molar-refractivity contribution >= 4 is 28.3 Å². The predicted molar refractivity (Wildman–Crippen MR) is 69.1 cm³/mol. The molecule has 16 heavy (non-hydrogen) atoms. The highest BCUT2D eigenvalue weighted by Crippen LogP contribution is 2.24. The standard InChI is InChI=1S/C10H15N5S/c1-6-4-5-8(16-6)15(3)10-13-7(2)12-9(11)14-10/h4-5,7H,1-3H3,(H3,11,12,13,14). The number of aliphatic imine (C=N–C) groups is 2. The summed E-state index contributed by atoms with van der Waals surface area (Å²) in [6.45, 7) is 3.98. The zero-order chi connectivity index (χ0) is 11.7. The Kier molecular flexibility index (Phi) is 2.82. The van der Waals surface area contributed by atoms with Crippen LogP contribution in [-0.2, 0) is 0 Å². The summed E-state index contributed by atoms with van der Waals surface area (Å²) in [5.41, 5.74) is 5.67. The van der Waals surface area contributed by atoms with E-state index in [4.69, 9.17) is 5.73 Å². The van der Waals surface area contributed by atoms with Gasteiger partial charge in [0.1, 0.15) is 6.17 Å². The molecule has 1 aliphatic rings. The van der Waals surface area contributed by atoms with Gasteiger partial charge in [0.15, 0.2) is 5.96 Å². The summed E-state index contributed by atoms with van der Waals surface area (Å²) < 4.78 is 0. The first-order valence-electron chi connectivity index (χ1n) is 5.04. The van der Waals surface area contributed by atoms with Gasteiger partial charge in [-0.15, -0.1) is 11.3 Å². The smallest absolute Gasteiger partial charge is 0.207 e. The number of hydrogen-bond acceptors (Lipinski definition) is 6. The molecular formula is C10H15N5S. The molecule has 0 spiro atoms. The number of nitrogens with two attached hydrogens (primary N) is 1. The van der Waals surface area contributed by atoms with Crippen molar-refractivity contribution < 1.29 is 0 Å². The Morgan fingerprint density at radius 1 is 1.44 bits per heavy atom. The second-order valence-corrected chi connectivity index (χ2v) is 4.93. The van der Waals surface area contributed by atoms with Gasteiger partial charge in [0.25, 0.3) is 0 Å². The molecule has 5 nitrogen and oxygen atoms in total. The molecule has 0 saturated heterocycles. The fourth-order valence-corrected chi connectivity index (χ4v) is 2.29. The largest absolute Gasteiger partial charge is 0.370 e. The number of aryl methyl sites for hydroxylation is 1. The van der Waals surface area contributed by atoms with Crippen LogP contribution >= 0.6 is 11.3 Å². The monoisotopic (exact) mass is 237 g/mol. The number of thiophene rings is 1. The van der Waals surface area contributed by atoms with Crippen molar-refractivity contribution in [3.05, 3.63) is 17.0 Å². The Labute approximate surface area is 98.7 Å². The SMILES string of the molecule is Cc1ccc(N(C)C2=NC(C)N=C(N)N2)s1. The maximum absolute atomic E-state index is 5.67. The molecule has 2 heterocycles. The number of nitrogens with one attached hydrogen (secondary N) is 1. The zero-order valence-corrected chi connectivity index (χ0v) is 10.4. The quantitative estimate of drug-likeness (QED) is 0.769. The molecule has 1 atom stereocenters. The first kappa shape index (κ1) is 10.9. The Balaban J connectivity index is 2.20. The molecule has 3 N–H and O–H groups in total. The highest BCUT2D eigenvalue weighted by molar-refractivity contribution is 7.16. The van der Waals surface area contributed by atoms with Crippen molar-refractivity contribution in [1.82, 2.24) is 5.32 Å². The van der Waals surface area contributed by atoms with Crippen LogP contribution in [0.1, 0.15) is 11.8 Å². The van der Waals surface area contributed by atoms with Crippen molar-refractivity contribution in [2.45, 2.75) is 20.0 Å². The average Bonchev–Trinajstić information content (AvgIpc) is 2.62. The number of rotatable bonds is 1. The fourth-order valence-electron chi connectivity index (χ4n) is 1.46. The van der Waals surface area contributed by atoms with Crippen LogP contribution < -0.4 is 16.0 Å². The Hall–Kier alpha value is -1.56. The van der Waals surface area contributed by atoms with Crippen molar-refractivity contribution in [3.8, 4) is 0 Å². The van der Waals surface area contributed by atoms with Crippen LogP contribution in [0.25, 0.3) is 0 Å². The van der Waals surface area contributed by atoms with E-state index in [2.05, 4.69) is 34.4 Å². The topological polar surface area (TPSA) is 66.0 Å². The van der Waals surface area contributed by atoms with Crippen molar-refractivity contribution in [2.24, 2.45) is 15.7 Å². The van der Waals surface area contributed by atoms with Crippen molar-refractivity contribution in [1.29, 1.82) is 0 Å². The number of nitrogens with zero attached hydrogens (tertiary/aromatic N) is 3. The summed E-state index contributed by atoms with van der Waals surface area (Å²) in [4.78, 5) is 11.7. The van der Waals surface area contributed by atoms with Gasteiger partial charge in [0.05, 0.1) is 5.00 Å².